The first-order valence-electron chi connectivity index (χ1n) is 6.70. The van der Waals surface area contributed by atoms with Crippen LogP contribution in [0.1, 0.15) is 37.3 Å². The Hall–Kier alpha value is -0.823. The highest BCUT2D eigenvalue weighted by Crippen LogP contribution is 2.42. The van der Waals surface area contributed by atoms with Crippen molar-refractivity contribution in [2.75, 3.05) is 0 Å². The fourth-order valence-electron chi connectivity index (χ4n) is 2.93. The second kappa shape index (κ2) is 4.45. The summed E-state index contributed by atoms with van der Waals surface area (Å²) in [6, 6.07) is 8.98. The van der Waals surface area contributed by atoms with Crippen LogP contribution in [0.3, 0.4) is 0 Å². The Morgan fingerprint density at radius 3 is 2.35 bits per heavy atom. The van der Waals surface area contributed by atoms with E-state index in [1.54, 1.807) is 11.1 Å². The molecule has 0 amide bonds. The Kier molecular flexibility index (Phi) is 3.31. The molecule has 2 rings (SSSR count). The van der Waals surface area contributed by atoms with Gasteiger partial charge in [-0.25, -0.2) is 0 Å². The van der Waals surface area contributed by atoms with Crippen molar-refractivity contribution >= 4 is 13.6 Å². The van der Waals surface area contributed by atoms with Crippen molar-refractivity contribution in [1.29, 1.82) is 0 Å². The highest BCUT2D eigenvalue weighted by atomic mass is 28.3. The fourth-order valence-corrected chi connectivity index (χ4v) is 4.30. The molecule has 0 aromatic heterocycles. The quantitative estimate of drug-likeness (QED) is 0.604. The van der Waals surface area contributed by atoms with Crippen LogP contribution in [-0.2, 0) is 0 Å². The van der Waals surface area contributed by atoms with Crippen molar-refractivity contribution < 1.29 is 0 Å². The minimum Gasteiger partial charge on any atom is -0.0910 e. The van der Waals surface area contributed by atoms with Crippen LogP contribution >= 0.6 is 0 Å². The molecule has 0 nitrogen and oxygen atoms in total. The molecule has 0 saturated heterocycles. The average Bonchev–Trinajstić information content (AvgIpc) is 2.23. The van der Waals surface area contributed by atoms with Gasteiger partial charge < -0.3 is 0 Å². The van der Waals surface area contributed by atoms with Gasteiger partial charge in [0.25, 0.3) is 0 Å². The minimum atomic E-state index is -1.14. The predicted molar refractivity (Wildman–Crippen MR) is 80.0 cm³/mol. The number of hydrogen-bond acceptors (Lipinski definition) is 0. The molecule has 1 aliphatic carbocycles. The molecule has 1 aromatic rings. The van der Waals surface area contributed by atoms with Crippen molar-refractivity contribution in [3.8, 4) is 0 Å². The lowest BCUT2D eigenvalue weighted by Crippen LogP contribution is -2.21. The Bertz CT molecular complexity index is 437. The first kappa shape index (κ1) is 12.6. The molecule has 1 aromatic carbocycles. The highest BCUT2D eigenvalue weighted by molar-refractivity contribution is 6.81. The molecule has 0 heterocycles. The van der Waals surface area contributed by atoms with Crippen molar-refractivity contribution in [1.82, 2.24) is 0 Å². The Labute approximate surface area is 107 Å². The molecule has 0 radical (unpaired) electrons. The van der Waals surface area contributed by atoms with E-state index in [2.05, 4.69) is 63.5 Å². The standard InChI is InChI=1S/C16H24Si/c1-12-10-13(2)16(11-17(3,4)5)15-9-7-6-8-14(12)15/h6-9,11-13H,10H2,1-5H3/b16-11-. The zero-order valence-electron chi connectivity index (χ0n) is 11.7. The van der Waals surface area contributed by atoms with E-state index < -0.39 is 8.07 Å². The van der Waals surface area contributed by atoms with Crippen LogP contribution < -0.4 is 0 Å². The Balaban J connectivity index is 2.54. The minimum absolute atomic E-state index is 0.708. The smallest absolute Gasteiger partial charge is 0.0691 e. The fraction of sp³-hybridized carbons (Fsp3) is 0.500. The van der Waals surface area contributed by atoms with Gasteiger partial charge in [-0.15, -0.1) is 0 Å². The summed E-state index contributed by atoms with van der Waals surface area (Å²) in [5.74, 6) is 1.42. The normalized spacial score (nSPS) is 27.0. The summed E-state index contributed by atoms with van der Waals surface area (Å²) in [5.41, 5.74) is 7.27. The van der Waals surface area contributed by atoms with Gasteiger partial charge in [-0.3, -0.25) is 0 Å². The molecule has 1 aliphatic rings. The second-order valence-corrected chi connectivity index (χ2v) is 11.6. The maximum Gasteiger partial charge on any atom is 0.0691 e. The first-order valence-corrected chi connectivity index (χ1v) is 10.3. The maximum absolute atomic E-state index is 2.60. The van der Waals surface area contributed by atoms with E-state index >= 15 is 0 Å². The molecule has 0 spiro atoms. The van der Waals surface area contributed by atoms with Crippen molar-refractivity contribution in [3.63, 3.8) is 0 Å². The van der Waals surface area contributed by atoms with E-state index in [4.69, 9.17) is 0 Å². The zero-order chi connectivity index (χ0) is 12.6. The van der Waals surface area contributed by atoms with Gasteiger partial charge in [-0.2, -0.15) is 0 Å². The number of fused-ring (bicyclic) bond motifs is 1. The molecule has 92 valence electrons. The van der Waals surface area contributed by atoms with Gasteiger partial charge in [0.05, 0.1) is 8.07 Å². The van der Waals surface area contributed by atoms with Gasteiger partial charge >= 0.3 is 0 Å². The predicted octanol–water partition coefficient (Wildman–Crippen LogP) is 5.09. The lowest BCUT2D eigenvalue weighted by Gasteiger charge is -2.31. The molecule has 0 fully saturated rings. The zero-order valence-corrected chi connectivity index (χ0v) is 12.7. The number of benzene rings is 1. The van der Waals surface area contributed by atoms with Crippen LogP contribution in [0.4, 0.5) is 0 Å². The summed E-state index contributed by atoms with van der Waals surface area (Å²) in [6.45, 7) is 12.0. The second-order valence-electron chi connectivity index (χ2n) is 6.59. The Morgan fingerprint density at radius 1 is 1.06 bits per heavy atom. The van der Waals surface area contributed by atoms with Gasteiger partial charge in [0.1, 0.15) is 0 Å². The maximum atomic E-state index is 2.60. The molecule has 0 bridgehead atoms. The highest BCUT2D eigenvalue weighted by Gasteiger charge is 2.26. The monoisotopic (exact) mass is 244 g/mol. The molecule has 2 unspecified atom stereocenters. The molecule has 2 atom stereocenters. The van der Waals surface area contributed by atoms with Crippen LogP contribution in [0.5, 0.6) is 0 Å². The van der Waals surface area contributed by atoms with E-state index in [1.165, 1.54) is 12.0 Å². The summed E-state index contributed by atoms with van der Waals surface area (Å²) < 4.78 is 0. The van der Waals surface area contributed by atoms with Crippen LogP contribution in [0.15, 0.2) is 30.0 Å². The summed E-state index contributed by atoms with van der Waals surface area (Å²) in [7, 11) is -1.14. The number of allylic oxidation sites excluding steroid dienone is 1. The Morgan fingerprint density at radius 2 is 1.71 bits per heavy atom. The van der Waals surface area contributed by atoms with Crippen molar-refractivity contribution in [2.24, 2.45) is 5.92 Å². The summed E-state index contributed by atoms with van der Waals surface area (Å²) >= 11 is 0. The number of hydrogen-bond donors (Lipinski definition) is 0. The van der Waals surface area contributed by atoms with E-state index in [0.717, 1.165) is 0 Å². The van der Waals surface area contributed by atoms with Gasteiger partial charge in [0, 0.05) is 0 Å². The summed E-state index contributed by atoms with van der Waals surface area (Å²) in [6.07, 6.45) is 1.30. The molecule has 1 heteroatoms. The van der Waals surface area contributed by atoms with E-state index in [0.29, 0.717) is 11.8 Å². The molecule has 0 aliphatic heterocycles. The SMILES string of the molecule is CC1CC(C)c2ccccc2/C1=C\[Si](C)(C)C. The largest absolute Gasteiger partial charge is 0.0910 e. The van der Waals surface area contributed by atoms with Crippen LogP contribution in [0.25, 0.3) is 5.57 Å². The van der Waals surface area contributed by atoms with Crippen molar-refractivity contribution in [2.45, 2.75) is 45.8 Å². The molecule has 17 heavy (non-hydrogen) atoms. The summed E-state index contributed by atoms with van der Waals surface area (Å²) in [5, 5.41) is 0. The molecular weight excluding hydrogens is 220 g/mol. The van der Waals surface area contributed by atoms with Crippen LogP contribution in [0, 0.1) is 5.92 Å². The van der Waals surface area contributed by atoms with Crippen LogP contribution in [0.2, 0.25) is 19.6 Å². The molecule has 0 N–H and O–H groups in total. The van der Waals surface area contributed by atoms with Crippen LogP contribution in [-0.4, -0.2) is 8.07 Å². The van der Waals surface area contributed by atoms with E-state index in [9.17, 15) is 0 Å². The summed E-state index contributed by atoms with van der Waals surface area (Å²) in [4.78, 5) is 0. The number of rotatable bonds is 1. The lowest BCUT2D eigenvalue weighted by atomic mass is 9.76. The van der Waals surface area contributed by atoms with Gasteiger partial charge in [-0.05, 0) is 35.0 Å². The van der Waals surface area contributed by atoms with E-state index in [1.807, 2.05) is 0 Å². The molecular formula is C16H24Si. The third kappa shape index (κ3) is 2.71. The molecule has 0 saturated carbocycles. The van der Waals surface area contributed by atoms with Crippen molar-refractivity contribution in [3.05, 3.63) is 41.1 Å². The topological polar surface area (TPSA) is 0 Å². The first-order chi connectivity index (χ1) is 7.88. The third-order valence-corrected chi connectivity index (χ3v) is 4.81. The van der Waals surface area contributed by atoms with E-state index in [-0.39, 0.29) is 0 Å². The third-order valence-electron chi connectivity index (χ3n) is 3.63. The van der Waals surface area contributed by atoms with Gasteiger partial charge in [0.15, 0.2) is 0 Å². The van der Waals surface area contributed by atoms with Gasteiger partial charge in [0.2, 0.25) is 0 Å². The average molecular weight is 244 g/mol. The van der Waals surface area contributed by atoms with Gasteiger partial charge in [-0.1, -0.05) is 63.5 Å². The lowest BCUT2D eigenvalue weighted by molar-refractivity contribution is 0.559.